The van der Waals surface area contributed by atoms with E-state index >= 15 is 0 Å². The molecule has 2 rings (SSSR count). The lowest BCUT2D eigenvalue weighted by atomic mass is 10.3. The second-order valence-corrected chi connectivity index (χ2v) is 4.05. The molecular weight excluding hydrogens is 315 g/mol. The van der Waals surface area contributed by atoms with Gasteiger partial charge in [0.1, 0.15) is 5.75 Å². The fourth-order valence-electron chi connectivity index (χ4n) is 1.35. The molecule has 1 heterocycles. The number of nitro groups is 1. The molecule has 0 spiro atoms. The molecule has 0 aliphatic heterocycles. The normalized spacial score (nSPS) is 11.2. The quantitative estimate of drug-likeness (QED) is 0.488. The minimum Gasteiger partial charge on any atom is -0.439 e. The molecule has 0 unspecified atom stereocenters. The largest absolute Gasteiger partial charge is 0.439 e. The molecule has 0 atom stereocenters. The highest BCUT2D eigenvalue weighted by Crippen LogP contribution is 2.31. The number of nitrogens with zero attached hydrogens (tertiary/aromatic N) is 3. The highest BCUT2D eigenvalue weighted by atomic mass is 35.5. The Morgan fingerprint density at radius 2 is 1.81 bits per heavy atom. The van der Waals surface area contributed by atoms with Crippen molar-refractivity contribution >= 4 is 17.3 Å². The van der Waals surface area contributed by atoms with Crippen LogP contribution >= 0.6 is 11.6 Å². The minimum atomic E-state index is -4.69. The van der Waals surface area contributed by atoms with Crippen LogP contribution in [0.25, 0.3) is 0 Å². The van der Waals surface area contributed by atoms with Crippen molar-refractivity contribution in [3.05, 3.63) is 51.4 Å². The maximum absolute atomic E-state index is 12.5. The van der Waals surface area contributed by atoms with Crippen LogP contribution in [0.5, 0.6) is 11.6 Å². The van der Waals surface area contributed by atoms with Crippen LogP contribution < -0.4 is 4.74 Å². The third kappa shape index (κ3) is 3.78. The molecule has 1 aromatic heterocycles. The molecule has 0 radical (unpaired) electrons. The number of hydrogen-bond acceptors (Lipinski definition) is 5. The van der Waals surface area contributed by atoms with E-state index in [1.54, 1.807) is 0 Å². The van der Waals surface area contributed by atoms with Crippen LogP contribution in [-0.2, 0) is 6.18 Å². The zero-order chi connectivity index (χ0) is 15.6. The van der Waals surface area contributed by atoms with E-state index in [-0.39, 0.29) is 11.4 Å². The first-order valence-corrected chi connectivity index (χ1v) is 5.67. The van der Waals surface area contributed by atoms with Gasteiger partial charge in [-0.15, -0.1) is 0 Å². The first-order valence-electron chi connectivity index (χ1n) is 5.30. The molecule has 0 saturated heterocycles. The Bertz CT molecular complexity index is 677. The number of nitro benzene ring substituents is 1. The van der Waals surface area contributed by atoms with Crippen molar-refractivity contribution in [2.75, 3.05) is 0 Å². The van der Waals surface area contributed by atoms with Gasteiger partial charge in [-0.2, -0.15) is 18.2 Å². The lowest BCUT2D eigenvalue weighted by molar-refractivity contribution is -0.384. The Morgan fingerprint density at radius 3 is 2.33 bits per heavy atom. The van der Waals surface area contributed by atoms with E-state index in [1.807, 2.05) is 0 Å². The third-order valence-electron chi connectivity index (χ3n) is 2.24. The van der Waals surface area contributed by atoms with Gasteiger partial charge in [-0.25, -0.2) is 4.98 Å². The predicted molar refractivity (Wildman–Crippen MR) is 65.2 cm³/mol. The maximum atomic E-state index is 12.5. The van der Waals surface area contributed by atoms with Crippen molar-refractivity contribution in [1.82, 2.24) is 9.97 Å². The second-order valence-electron chi connectivity index (χ2n) is 3.71. The molecule has 0 fully saturated rings. The molecule has 110 valence electrons. The molecule has 0 bridgehead atoms. The summed E-state index contributed by atoms with van der Waals surface area (Å²) in [5.74, 6) is -0.348. The summed E-state index contributed by atoms with van der Waals surface area (Å²) in [5, 5.41) is 9.85. The summed E-state index contributed by atoms with van der Waals surface area (Å²) in [6, 6.07) is 5.31. The summed E-state index contributed by atoms with van der Waals surface area (Å²) in [7, 11) is 0. The predicted octanol–water partition coefficient (Wildman–Crippen LogP) is 3.85. The lowest BCUT2D eigenvalue weighted by Gasteiger charge is -2.09. The summed E-state index contributed by atoms with van der Waals surface area (Å²) >= 11 is 5.40. The minimum absolute atomic E-state index is 0.0727. The molecule has 0 amide bonds. The monoisotopic (exact) mass is 319 g/mol. The van der Waals surface area contributed by atoms with Crippen LogP contribution in [0, 0.1) is 10.1 Å². The van der Waals surface area contributed by atoms with E-state index in [0.29, 0.717) is 6.07 Å². The number of aromatic nitrogens is 2. The smallest absolute Gasteiger partial charge is 0.433 e. The number of benzene rings is 1. The third-order valence-corrected chi connectivity index (χ3v) is 2.40. The zero-order valence-electron chi connectivity index (χ0n) is 9.96. The van der Waals surface area contributed by atoms with Gasteiger partial charge in [0.2, 0.25) is 11.2 Å². The Balaban J connectivity index is 2.27. The molecule has 0 N–H and O–H groups in total. The zero-order valence-corrected chi connectivity index (χ0v) is 10.7. The fraction of sp³-hybridized carbons (Fsp3) is 0.0909. The molecule has 0 aliphatic rings. The molecule has 2 aromatic rings. The van der Waals surface area contributed by atoms with Crippen molar-refractivity contribution in [1.29, 1.82) is 0 Å². The number of non-ortho nitro benzene ring substituents is 1. The van der Waals surface area contributed by atoms with E-state index in [2.05, 4.69) is 9.97 Å². The van der Waals surface area contributed by atoms with Crippen molar-refractivity contribution in [2.24, 2.45) is 0 Å². The van der Waals surface area contributed by atoms with Crippen LogP contribution in [0.2, 0.25) is 5.28 Å². The average Bonchev–Trinajstić information content (AvgIpc) is 2.37. The van der Waals surface area contributed by atoms with Crippen LogP contribution in [0.15, 0.2) is 30.3 Å². The summed E-state index contributed by atoms with van der Waals surface area (Å²) in [5.41, 5.74) is -1.43. The second kappa shape index (κ2) is 5.52. The molecule has 6 nitrogen and oxygen atoms in total. The number of rotatable bonds is 3. The van der Waals surface area contributed by atoms with Crippen molar-refractivity contribution < 1.29 is 22.8 Å². The van der Waals surface area contributed by atoms with Crippen LogP contribution in [0.1, 0.15) is 5.69 Å². The lowest BCUT2D eigenvalue weighted by Crippen LogP contribution is -2.09. The standard InChI is InChI=1S/C11H5ClF3N3O3/c12-10-16-8(11(13,14)15)5-9(17-10)21-7-3-1-6(2-4-7)18(19)20/h1-5H. The van der Waals surface area contributed by atoms with Crippen LogP contribution in [0.4, 0.5) is 18.9 Å². The van der Waals surface area contributed by atoms with Crippen LogP contribution in [-0.4, -0.2) is 14.9 Å². The van der Waals surface area contributed by atoms with E-state index in [0.717, 1.165) is 12.1 Å². The number of alkyl halides is 3. The van der Waals surface area contributed by atoms with E-state index < -0.39 is 28.0 Å². The fourth-order valence-corrected chi connectivity index (χ4v) is 1.53. The molecule has 0 saturated carbocycles. The highest BCUT2D eigenvalue weighted by molar-refractivity contribution is 6.28. The van der Waals surface area contributed by atoms with Gasteiger partial charge in [-0.05, 0) is 23.7 Å². The molecule has 1 aromatic carbocycles. The number of ether oxygens (including phenoxy) is 1. The Kier molecular flexibility index (Phi) is 3.94. The topological polar surface area (TPSA) is 78.2 Å². The summed E-state index contributed by atoms with van der Waals surface area (Å²) < 4.78 is 42.7. The summed E-state index contributed by atoms with van der Waals surface area (Å²) in [6.45, 7) is 0. The van der Waals surface area contributed by atoms with Gasteiger partial charge in [-0.3, -0.25) is 10.1 Å². The Labute approximate surface area is 120 Å². The van der Waals surface area contributed by atoms with Gasteiger partial charge in [-0.1, -0.05) is 0 Å². The van der Waals surface area contributed by atoms with Gasteiger partial charge in [0.05, 0.1) is 4.92 Å². The van der Waals surface area contributed by atoms with Gasteiger partial charge >= 0.3 is 6.18 Å². The van der Waals surface area contributed by atoms with Crippen molar-refractivity contribution in [3.63, 3.8) is 0 Å². The number of halogens is 4. The molecule has 10 heteroatoms. The highest BCUT2D eigenvalue weighted by Gasteiger charge is 2.34. The van der Waals surface area contributed by atoms with Crippen molar-refractivity contribution in [2.45, 2.75) is 6.18 Å². The first kappa shape index (κ1) is 15.0. The van der Waals surface area contributed by atoms with E-state index in [1.165, 1.54) is 12.1 Å². The number of hydrogen-bond donors (Lipinski definition) is 0. The summed E-state index contributed by atoms with van der Waals surface area (Å²) in [4.78, 5) is 16.4. The SMILES string of the molecule is O=[N+]([O-])c1ccc(Oc2cc(C(F)(F)F)nc(Cl)n2)cc1. The average molecular weight is 320 g/mol. The van der Waals surface area contributed by atoms with Gasteiger partial charge in [0.15, 0.2) is 5.69 Å². The first-order chi connectivity index (χ1) is 9.75. The van der Waals surface area contributed by atoms with Gasteiger partial charge in [0.25, 0.3) is 5.69 Å². The Hall–Kier alpha value is -2.42. The van der Waals surface area contributed by atoms with Gasteiger partial charge in [0, 0.05) is 18.2 Å². The molecular formula is C11H5ClF3N3O3. The maximum Gasteiger partial charge on any atom is 0.433 e. The molecule has 0 aliphatic carbocycles. The van der Waals surface area contributed by atoms with E-state index in [4.69, 9.17) is 16.3 Å². The van der Waals surface area contributed by atoms with E-state index in [9.17, 15) is 23.3 Å². The summed E-state index contributed by atoms with van der Waals surface area (Å²) in [6.07, 6.45) is -4.69. The van der Waals surface area contributed by atoms with Gasteiger partial charge < -0.3 is 4.74 Å². The molecule has 21 heavy (non-hydrogen) atoms. The van der Waals surface area contributed by atoms with Crippen LogP contribution in [0.3, 0.4) is 0 Å². The Morgan fingerprint density at radius 1 is 1.19 bits per heavy atom. The van der Waals surface area contributed by atoms with Crippen molar-refractivity contribution in [3.8, 4) is 11.6 Å².